The van der Waals surface area contributed by atoms with Gasteiger partial charge in [-0.1, -0.05) is 52.4 Å². The van der Waals surface area contributed by atoms with Gasteiger partial charge in [0.15, 0.2) is 0 Å². The minimum absolute atomic E-state index is 0.139. The van der Waals surface area contributed by atoms with Crippen LogP contribution in [-0.4, -0.2) is 5.54 Å². The van der Waals surface area contributed by atoms with Gasteiger partial charge in [-0.05, 0) is 30.6 Å². The third kappa shape index (κ3) is 2.22. The lowest BCUT2D eigenvalue weighted by atomic mass is 9.60. The van der Waals surface area contributed by atoms with Crippen LogP contribution < -0.4 is 5.73 Å². The molecular formula is C14H27N. The minimum atomic E-state index is 0.139. The van der Waals surface area contributed by atoms with Gasteiger partial charge in [-0.15, -0.1) is 0 Å². The average Bonchev–Trinajstić information content (AvgIpc) is 2.63. The lowest BCUT2D eigenvalue weighted by Gasteiger charge is -2.49. The molecule has 2 rings (SSSR count). The molecule has 0 bridgehead atoms. The minimum Gasteiger partial charge on any atom is -0.325 e. The lowest BCUT2D eigenvalue weighted by Crippen LogP contribution is -2.55. The van der Waals surface area contributed by atoms with Crippen LogP contribution in [0.3, 0.4) is 0 Å². The van der Waals surface area contributed by atoms with Gasteiger partial charge in [-0.2, -0.15) is 0 Å². The van der Waals surface area contributed by atoms with Crippen LogP contribution in [0.25, 0.3) is 0 Å². The molecule has 2 N–H and O–H groups in total. The highest BCUT2D eigenvalue weighted by Gasteiger charge is 2.44. The first-order valence-corrected chi connectivity index (χ1v) is 6.82. The Kier molecular flexibility index (Phi) is 3.12. The highest BCUT2D eigenvalue weighted by molar-refractivity contribution is 5.01. The van der Waals surface area contributed by atoms with Crippen LogP contribution in [0.4, 0.5) is 0 Å². The van der Waals surface area contributed by atoms with Crippen LogP contribution in [0.2, 0.25) is 0 Å². The van der Waals surface area contributed by atoms with Crippen LogP contribution in [0.15, 0.2) is 0 Å². The van der Waals surface area contributed by atoms with Crippen molar-refractivity contribution < 1.29 is 0 Å². The van der Waals surface area contributed by atoms with E-state index in [1.807, 2.05) is 0 Å². The van der Waals surface area contributed by atoms with E-state index in [2.05, 4.69) is 13.8 Å². The Balaban J connectivity index is 2.02. The summed E-state index contributed by atoms with van der Waals surface area (Å²) in [6.45, 7) is 4.78. The Morgan fingerprint density at radius 1 is 1.00 bits per heavy atom. The van der Waals surface area contributed by atoms with Crippen molar-refractivity contribution in [1.82, 2.24) is 0 Å². The predicted octanol–water partition coefficient (Wildman–Crippen LogP) is 3.86. The molecule has 2 aliphatic carbocycles. The third-order valence-electron chi connectivity index (χ3n) is 5.15. The van der Waals surface area contributed by atoms with E-state index in [1.54, 1.807) is 0 Å². The first kappa shape index (κ1) is 11.4. The zero-order chi connectivity index (χ0) is 10.9. The molecule has 2 aliphatic rings. The first-order chi connectivity index (χ1) is 7.04. The fourth-order valence-corrected chi connectivity index (χ4v) is 3.70. The molecule has 0 aliphatic heterocycles. The van der Waals surface area contributed by atoms with Crippen molar-refractivity contribution in [3.63, 3.8) is 0 Å². The Labute approximate surface area is 94.8 Å². The lowest BCUT2D eigenvalue weighted by molar-refractivity contribution is 0.0750. The summed E-state index contributed by atoms with van der Waals surface area (Å²) in [5, 5.41) is 0. The summed E-state index contributed by atoms with van der Waals surface area (Å²) in [5.41, 5.74) is 7.22. The van der Waals surface area contributed by atoms with Crippen LogP contribution in [0.1, 0.15) is 71.6 Å². The molecule has 0 amide bonds. The van der Waals surface area contributed by atoms with Gasteiger partial charge in [0.2, 0.25) is 0 Å². The quantitative estimate of drug-likeness (QED) is 0.734. The molecule has 1 heteroatoms. The van der Waals surface area contributed by atoms with Crippen LogP contribution in [0, 0.1) is 11.3 Å². The summed E-state index contributed by atoms with van der Waals surface area (Å²) in [6, 6.07) is 0. The summed E-state index contributed by atoms with van der Waals surface area (Å²) in [7, 11) is 0. The second kappa shape index (κ2) is 4.08. The average molecular weight is 209 g/mol. The maximum atomic E-state index is 6.72. The molecule has 0 aromatic rings. The molecule has 0 saturated heterocycles. The van der Waals surface area contributed by atoms with Crippen molar-refractivity contribution >= 4 is 0 Å². The highest BCUT2D eigenvalue weighted by atomic mass is 14.8. The molecule has 0 heterocycles. The van der Waals surface area contributed by atoms with Gasteiger partial charge in [0.1, 0.15) is 0 Å². The first-order valence-electron chi connectivity index (χ1n) is 6.82. The van der Waals surface area contributed by atoms with Gasteiger partial charge in [-0.25, -0.2) is 0 Å². The van der Waals surface area contributed by atoms with Gasteiger partial charge in [0, 0.05) is 5.54 Å². The van der Waals surface area contributed by atoms with Crippen LogP contribution in [0.5, 0.6) is 0 Å². The van der Waals surface area contributed by atoms with Gasteiger partial charge in [0.25, 0.3) is 0 Å². The Bertz CT molecular complexity index is 215. The second-order valence-electron chi connectivity index (χ2n) is 6.60. The maximum absolute atomic E-state index is 6.72. The fraction of sp³-hybridized carbons (Fsp3) is 1.00. The number of hydrogen-bond acceptors (Lipinski definition) is 1. The van der Waals surface area contributed by atoms with E-state index < -0.39 is 0 Å². The van der Waals surface area contributed by atoms with Crippen molar-refractivity contribution in [2.75, 3.05) is 0 Å². The summed E-state index contributed by atoms with van der Waals surface area (Å²) >= 11 is 0. The fourth-order valence-electron chi connectivity index (χ4n) is 3.70. The SMILES string of the molecule is CC1(C)CCCCC1(N)CC1CCCC1. The summed E-state index contributed by atoms with van der Waals surface area (Å²) < 4.78 is 0. The smallest absolute Gasteiger partial charge is 0.0208 e. The molecule has 0 aromatic carbocycles. The summed E-state index contributed by atoms with van der Waals surface area (Å²) in [6.07, 6.45) is 12.4. The van der Waals surface area contributed by atoms with Gasteiger partial charge in [0.05, 0.1) is 0 Å². The molecule has 1 unspecified atom stereocenters. The highest BCUT2D eigenvalue weighted by Crippen LogP contribution is 2.47. The van der Waals surface area contributed by atoms with E-state index in [-0.39, 0.29) is 5.54 Å². The molecule has 1 atom stereocenters. The molecule has 0 aromatic heterocycles. The molecule has 0 radical (unpaired) electrons. The molecular weight excluding hydrogens is 182 g/mol. The maximum Gasteiger partial charge on any atom is 0.0208 e. The van der Waals surface area contributed by atoms with Crippen molar-refractivity contribution in [3.05, 3.63) is 0 Å². The summed E-state index contributed by atoms with van der Waals surface area (Å²) in [4.78, 5) is 0. The largest absolute Gasteiger partial charge is 0.325 e. The second-order valence-corrected chi connectivity index (χ2v) is 6.60. The molecule has 1 nitrogen and oxygen atoms in total. The number of nitrogens with two attached hydrogens (primary N) is 1. The van der Waals surface area contributed by atoms with Gasteiger partial charge in [-0.3, -0.25) is 0 Å². The number of rotatable bonds is 2. The van der Waals surface area contributed by atoms with Gasteiger partial charge < -0.3 is 5.73 Å². The van der Waals surface area contributed by atoms with E-state index in [0.29, 0.717) is 5.41 Å². The normalized spacial score (nSPS) is 37.0. The van der Waals surface area contributed by atoms with Gasteiger partial charge >= 0.3 is 0 Å². The Hall–Kier alpha value is -0.0400. The van der Waals surface area contributed by atoms with E-state index in [0.717, 1.165) is 5.92 Å². The standard InChI is InChI=1S/C14H27N/c1-13(2)9-5-6-10-14(13,15)11-12-7-3-4-8-12/h12H,3-11,15H2,1-2H3. The van der Waals surface area contributed by atoms with E-state index in [1.165, 1.54) is 57.8 Å². The number of hydrogen-bond donors (Lipinski definition) is 1. The third-order valence-corrected chi connectivity index (χ3v) is 5.15. The molecule has 15 heavy (non-hydrogen) atoms. The monoisotopic (exact) mass is 209 g/mol. The Morgan fingerprint density at radius 2 is 1.60 bits per heavy atom. The molecule has 0 spiro atoms. The van der Waals surface area contributed by atoms with E-state index >= 15 is 0 Å². The van der Waals surface area contributed by atoms with Crippen molar-refractivity contribution in [2.45, 2.75) is 77.2 Å². The molecule has 88 valence electrons. The summed E-state index contributed by atoms with van der Waals surface area (Å²) in [5.74, 6) is 0.937. The van der Waals surface area contributed by atoms with Crippen LogP contribution >= 0.6 is 0 Å². The van der Waals surface area contributed by atoms with Crippen molar-refractivity contribution in [1.29, 1.82) is 0 Å². The van der Waals surface area contributed by atoms with Crippen LogP contribution in [-0.2, 0) is 0 Å². The van der Waals surface area contributed by atoms with E-state index in [4.69, 9.17) is 5.73 Å². The molecule has 2 fully saturated rings. The van der Waals surface area contributed by atoms with Crippen molar-refractivity contribution in [3.8, 4) is 0 Å². The predicted molar refractivity (Wildman–Crippen MR) is 65.7 cm³/mol. The van der Waals surface area contributed by atoms with E-state index in [9.17, 15) is 0 Å². The molecule has 2 saturated carbocycles. The zero-order valence-electron chi connectivity index (χ0n) is 10.5. The topological polar surface area (TPSA) is 26.0 Å². The van der Waals surface area contributed by atoms with Crippen molar-refractivity contribution in [2.24, 2.45) is 17.1 Å². The Morgan fingerprint density at radius 3 is 2.20 bits per heavy atom. The zero-order valence-corrected chi connectivity index (χ0v) is 10.5.